The third-order valence-corrected chi connectivity index (χ3v) is 6.80. The topological polar surface area (TPSA) is 107 Å². The van der Waals surface area contributed by atoms with E-state index in [0.29, 0.717) is 37.9 Å². The highest BCUT2D eigenvalue weighted by atomic mass is 35.5. The highest BCUT2D eigenvalue weighted by Crippen LogP contribution is 2.40. The Morgan fingerprint density at radius 1 is 1.14 bits per heavy atom. The smallest absolute Gasteiger partial charge is 0.260 e. The number of rotatable bonds is 4. The quantitative estimate of drug-likeness (QED) is 0.528. The molecule has 1 aromatic carbocycles. The number of nitrogen functional groups attached to an aromatic ring is 1. The van der Waals surface area contributed by atoms with Gasteiger partial charge in [0.2, 0.25) is 5.95 Å². The van der Waals surface area contributed by atoms with E-state index >= 15 is 0 Å². The molecule has 1 aliphatic rings. The Kier molecular flexibility index (Phi) is 5.31. The van der Waals surface area contributed by atoms with Crippen LogP contribution in [0.5, 0.6) is 0 Å². The highest BCUT2D eigenvalue weighted by Gasteiger charge is 2.22. The van der Waals surface area contributed by atoms with Crippen molar-refractivity contribution in [2.45, 2.75) is 38.1 Å². The van der Waals surface area contributed by atoms with Gasteiger partial charge < -0.3 is 16.8 Å². The lowest BCUT2D eigenvalue weighted by molar-refractivity contribution is 0.100. The van der Waals surface area contributed by atoms with E-state index in [2.05, 4.69) is 10.3 Å². The molecule has 2 heterocycles. The first-order chi connectivity index (χ1) is 13.4. The first kappa shape index (κ1) is 19.2. The van der Waals surface area contributed by atoms with Crippen LogP contribution in [0.15, 0.2) is 18.2 Å². The van der Waals surface area contributed by atoms with E-state index in [4.69, 9.17) is 39.7 Å². The van der Waals surface area contributed by atoms with Gasteiger partial charge in [-0.2, -0.15) is 0 Å². The molecule has 1 aliphatic carbocycles. The largest absolute Gasteiger partial charge is 0.397 e. The fourth-order valence-electron chi connectivity index (χ4n) is 3.55. The molecule has 2 aromatic heterocycles. The lowest BCUT2D eigenvalue weighted by Gasteiger charge is -2.23. The molecular weight excluding hydrogens is 417 g/mol. The fourth-order valence-corrected chi connectivity index (χ4v) is 4.80. The summed E-state index contributed by atoms with van der Waals surface area (Å²) in [6.07, 6.45) is 5.82. The van der Waals surface area contributed by atoms with Gasteiger partial charge in [0.15, 0.2) is 0 Å². The molecule has 1 fully saturated rings. The molecule has 9 heteroatoms. The summed E-state index contributed by atoms with van der Waals surface area (Å²) in [4.78, 5) is 22.0. The van der Waals surface area contributed by atoms with Crippen molar-refractivity contribution in [3.63, 3.8) is 0 Å². The third-order valence-electron chi connectivity index (χ3n) is 4.94. The van der Waals surface area contributed by atoms with Crippen LogP contribution in [0.3, 0.4) is 0 Å². The minimum Gasteiger partial charge on any atom is -0.397 e. The summed E-state index contributed by atoms with van der Waals surface area (Å²) < 4.78 is 0. The molecule has 5 N–H and O–H groups in total. The van der Waals surface area contributed by atoms with Crippen LogP contribution in [0, 0.1) is 0 Å². The fraction of sp³-hybridized carbons (Fsp3) is 0.316. The zero-order chi connectivity index (χ0) is 19.8. The maximum atomic E-state index is 11.8. The number of halogens is 2. The van der Waals surface area contributed by atoms with Crippen molar-refractivity contribution in [2.75, 3.05) is 11.1 Å². The van der Waals surface area contributed by atoms with Crippen molar-refractivity contribution in [1.29, 1.82) is 0 Å². The van der Waals surface area contributed by atoms with Gasteiger partial charge in [0.25, 0.3) is 5.91 Å². The molecule has 0 spiro atoms. The number of nitrogens with zero attached hydrogens (tertiary/aromatic N) is 2. The van der Waals surface area contributed by atoms with E-state index in [0.717, 1.165) is 18.4 Å². The van der Waals surface area contributed by atoms with Crippen molar-refractivity contribution in [1.82, 2.24) is 9.97 Å². The highest BCUT2D eigenvalue weighted by molar-refractivity contribution is 7.21. The van der Waals surface area contributed by atoms with Crippen molar-refractivity contribution < 1.29 is 4.79 Å². The van der Waals surface area contributed by atoms with Gasteiger partial charge in [-0.3, -0.25) is 4.79 Å². The third kappa shape index (κ3) is 3.62. The van der Waals surface area contributed by atoms with E-state index in [1.54, 1.807) is 12.1 Å². The van der Waals surface area contributed by atoms with Crippen LogP contribution in [0.2, 0.25) is 10.0 Å². The van der Waals surface area contributed by atoms with E-state index in [9.17, 15) is 4.79 Å². The van der Waals surface area contributed by atoms with Crippen molar-refractivity contribution in [3.05, 3.63) is 33.1 Å². The number of carbonyl (C=O) groups is 1. The number of thiophene rings is 1. The molecule has 28 heavy (non-hydrogen) atoms. The van der Waals surface area contributed by atoms with Gasteiger partial charge in [0.1, 0.15) is 9.71 Å². The molecule has 0 atom stereocenters. The number of hydrogen-bond acceptors (Lipinski definition) is 6. The first-order valence-electron chi connectivity index (χ1n) is 9.06. The number of anilines is 2. The number of hydrogen-bond donors (Lipinski definition) is 3. The van der Waals surface area contributed by atoms with Crippen molar-refractivity contribution in [2.24, 2.45) is 5.73 Å². The lowest BCUT2D eigenvalue weighted by atomic mass is 9.96. The maximum absolute atomic E-state index is 11.8. The van der Waals surface area contributed by atoms with Crippen LogP contribution in [-0.4, -0.2) is 21.9 Å². The number of nitrogens with one attached hydrogen (secondary N) is 1. The number of primary amides is 1. The van der Waals surface area contributed by atoms with Crippen LogP contribution in [0.1, 0.15) is 41.8 Å². The molecule has 0 radical (unpaired) electrons. The molecule has 1 amide bonds. The van der Waals surface area contributed by atoms with Crippen molar-refractivity contribution in [3.8, 4) is 11.3 Å². The molecule has 146 valence electrons. The van der Waals surface area contributed by atoms with E-state index in [1.165, 1.54) is 30.6 Å². The summed E-state index contributed by atoms with van der Waals surface area (Å²) >= 11 is 13.4. The van der Waals surface area contributed by atoms with Crippen LogP contribution >= 0.6 is 34.5 Å². The van der Waals surface area contributed by atoms with Crippen LogP contribution in [0.4, 0.5) is 11.6 Å². The monoisotopic (exact) mass is 435 g/mol. The average Bonchev–Trinajstić information content (AvgIpc) is 3.01. The average molecular weight is 436 g/mol. The predicted molar refractivity (Wildman–Crippen MR) is 116 cm³/mol. The maximum Gasteiger partial charge on any atom is 0.260 e. The Balaban J connectivity index is 1.88. The number of fused-ring (bicyclic) bond motifs is 1. The molecule has 0 bridgehead atoms. The molecule has 4 rings (SSSR count). The van der Waals surface area contributed by atoms with E-state index in [-0.39, 0.29) is 10.6 Å². The summed E-state index contributed by atoms with van der Waals surface area (Å²) in [6.45, 7) is 0. The summed E-state index contributed by atoms with van der Waals surface area (Å²) in [5.41, 5.74) is 13.4. The van der Waals surface area contributed by atoms with Gasteiger partial charge >= 0.3 is 0 Å². The number of benzene rings is 1. The summed E-state index contributed by atoms with van der Waals surface area (Å²) in [5.74, 6) is -0.0693. The zero-order valence-corrected chi connectivity index (χ0v) is 17.3. The predicted octanol–water partition coefficient (Wildman–Crippen LogP) is 5.09. The second-order valence-corrected chi connectivity index (χ2v) is 8.71. The Hall–Kier alpha value is -2.09. The second-order valence-electron chi connectivity index (χ2n) is 6.89. The summed E-state index contributed by atoms with van der Waals surface area (Å²) in [6, 6.07) is 5.60. The van der Waals surface area contributed by atoms with Gasteiger partial charge in [-0.1, -0.05) is 48.5 Å². The minimum atomic E-state index is -0.581. The summed E-state index contributed by atoms with van der Waals surface area (Å²) in [7, 11) is 0. The van der Waals surface area contributed by atoms with Gasteiger partial charge in [0.05, 0.1) is 26.8 Å². The standard InChI is InChI=1S/C19H19Cl2N5OS/c20-11-7-6-9(8-12(11)21)15-13-14(22)16(17(23)27)28-18(13)26-19(25-15)24-10-4-2-1-3-5-10/h6-8,10H,1-5,22H2,(H2,23,27)(H,24,25,26). The van der Waals surface area contributed by atoms with Gasteiger partial charge in [-0.15, -0.1) is 11.3 Å². The Morgan fingerprint density at radius 3 is 2.57 bits per heavy atom. The first-order valence-corrected chi connectivity index (χ1v) is 10.6. The zero-order valence-electron chi connectivity index (χ0n) is 15.0. The summed E-state index contributed by atoms with van der Waals surface area (Å²) in [5, 5.41) is 4.90. The Labute approximate surface area is 176 Å². The van der Waals surface area contributed by atoms with E-state index < -0.39 is 5.91 Å². The number of amides is 1. The molecule has 6 nitrogen and oxygen atoms in total. The van der Waals surface area contributed by atoms with Gasteiger partial charge in [-0.05, 0) is 25.0 Å². The second kappa shape index (κ2) is 7.73. The SMILES string of the molecule is NC(=O)c1sc2nc(NC3CCCCC3)nc(-c3ccc(Cl)c(Cl)c3)c2c1N. The number of nitrogens with two attached hydrogens (primary N) is 2. The molecule has 0 unspecified atom stereocenters. The van der Waals surface area contributed by atoms with Gasteiger partial charge in [0, 0.05) is 11.6 Å². The van der Waals surface area contributed by atoms with Crippen LogP contribution in [-0.2, 0) is 0 Å². The van der Waals surface area contributed by atoms with Crippen LogP contribution in [0.25, 0.3) is 21.5 Å². The minimum absolute atomic E-state index is 0.278. The molecule has 3 aromatic rings. The van der Waals surface area contributed by atoms with E-state index in [1.807, 2.05) is 6.07 Å². The number of aromatic nitrogens is 2. The number of carbonyl (C=O) groups excluding carboxylic acids is 1. The molecule has 1 saturated carbocycles. The Morgan fingerprint density at radius 2 is 1.89 bits per heavy atom. The molecule has 0 saturated heterocycles. The molecule has 0 aliphatic heterocycles. The van der Waals surface area contributed by atoms with Crippen molar-refractivity contribution >= 4 is 62.3 Å². The normalized spacial score (nSPS) is 15.1. The molecular formula is C19H19Cl2N5OS. The lowest BCUT2D eigenvalue weighted by Crippen LogP contribution is -2.23. The van der Waals surface area contributed by atoms with Crippen LogP contribution < -0.4 is 16.8 Å². The Bertz CT molecular complexity index is 1060. The van der Waals surface area contributed by atoms with Gasteiger partial charge in [-0.25, -0.2) is 9.97 Å².